The predicted octanol–water partition coefficient (Wildman–Crippen LogP) is 1.73. The summed E-state index contributed by atoms with van der Waals surface area (Å²) in [5.74, 6) is 0.574. The zero-order chi connectivity index (χ0) is 16.2. The third-order valence-electron chi connectivity index (χ3n) is 4.06. The molecule has 0 radical (unpaired) electrons. The van der Waals surface area contributed by atoms with E-state index in [2.05, 4.69) is 10.6 Å². The van der Waals surface area contributed by atoms with Gasteiger partial charge in [-0.2, -0.15) is 0 Å². The largest absolute Gasteiger partial charge is 0.335 e. The van der Waals surface area contributed by atoms with Crippen LogP contribution < -0.4 is 16.4 Å². The Morgan fingerprint density at radius 2 is 1.77 bits per heavy atom. The van der Waals surface area contributed by atoms with E-state index in [0.29, 0.717) is 18.2 Å². The second-order valence-electron chi connectivity index (χ2n) is 5.85. The smallest absolute Gasteiger partial charge is 0.319 e. The zero-order valence-corrected chi connectivity index (χ0v) is 13.5. The molecule has 0 atom stereocenters. The third kappa shape index (κ3) is 4.71. The molecule has 0 saturated heterocycles. The van der Waals surface area contributed by atoms with E-state index in [4.69, 9.17) is 5.73 Å². The molecule has 1 aliphatic rings. The number of urea groups is 1. The van der Waals surface area contributed by atoms with Gasteiger partial charge in [-0.3, -0.25) is 0 Å². The van der Waals surface area contributed by atoms with E-state index in [9.17, 15) is 13.2 Å². The average molecular weight is 325 g/mol. The minimum Gasteiger partial charge on any atom is -0.335 e. The summed E-state index contributed by atoms with van der Waals surface area (Å²) in [7, 11) is -3.22. The van der Waals surface area contributed by atoms with Crippen LogP contribution in [0.3, 0.4) is 0 Å². The van der Waals surface area contributed by atoms with Crippen molar-refractivity contribution in [2.24, 2.45) is 11.7 Å². The van der Waals surface area contributed by atoms with Crippen LogP contribution in [-0.4, -0.2) is 33.3 Å². The van der Waals surface area contributed by atoms with Crippen LogP contribution in [-0.2, 0) is 9.84 Å². The number of nitrogens with two attached hydrogens (primary N) is 1. The molecule has 22 heavy (non-hydrogen) atoms. The van der Waals surface area contributed by atoms with Crippen LogP contribution in [0.15, 0.2) is 29.2 Å². The van der Waals surface area contributed by atoms with Gasteiger partial charge in [0.25, 0.3) is 0 Å². The van der Waals surface area contributed by atoms with Gasteiger partial charge in [0.2, 0.25) is 0 Å². The molecule has 1 fully saturated rings. The van der Waals surface area contributed by atoms with Gasteiger partial charge in [0, 0.05) is 18.0 Å². The predicted molar refractivity (Wildman–Crippen MR) is 86.5 cm³/mol. The lowest BCUT2D eigenvalue weighted by Gasteiger charge is -2.28. The Hall–Kier alpha value is -1.60. The van der Waals surface area contributed by atoms with E-state index in [-0.39, 0.29) is 17.0 Å². The molecule has 6 nitrogen and oxygen atoms in total. The summed E-state index contributed by atoms with van der Waals surface area (Å²) in [4.78, 5) is 12.2. The number of benzene rings is 1. The first-order valence-electron chi connectivity index (χ1n) is 7.46. The number of sulfone groups is 1. The van der Waals surface area contributed by atoms with Crippen molar-refractivity contribution in [3.63, 3.8) is 0 Å². The molecule has 1 aromatic rings. The lowest BCUT2D eigenvalue weighted by Crippen LogP contribution is -2.40. The van der Waals surface area contributed by atoms with Crippen molar-refractivity contribution in [3.05, 3.63) is 24.3 Å². The summed E-state index contributed by atoms with van der Waals surface area (Å²) in [6.07, 6.45) is 5.14. The minimum atomic E-state index is -3.22. The van der Waals surface area contributed by atoms with Crippen molar-refractivity contribution in [1.82, 2.24) is 5.32 Å². The molecule has 122 valence electrons. The standard InChI is InChI=1S/C15H23N3O3S/c1-22(20,21)14-8-6-13(7-9-14)18-15(19)17-12-4-2-11(10-16)3-5-12/h6-9,11-12H,2-5,10,16H2,1H3,(H2,17,18,19). The SMILES string of the molecule is CS(=O)(=O)c1ccc(NC(=O)NC2CCC(CN)CC2)cc1. The van der Waals surface area contributed by atoms with Crippen LogP contribution >= 0.6 is 0 Å². The van der Waals surface area contributed by atoms with Crippen LogP contribution in [0.4, 0.5) is 10.5 Å². The second-order valence-corrected chi connectivity index (χ2v) is 7.86. The molecule has 0 spiro atoms. The molecule has 7 heteroatoms. The molecule has 0 unspecified atom stereocenters. The maximum Gasteiger partial charge on any atom is 0.319 e. The van der Waals surface area contributed by atoms with Crippen LogP contribution in [0.2, 0.25) is 0 Å². The van der Waals surface area contributed by atoms with E-state index >= 15 is 0 Å². The summed E-state index contributed by atoms with van der Waals surface area (Å²) in [6, 6.07) is 6.05. The summed E-state index contributed by atoms with van der Waals surface area (Å²) in [5.41, 5.74) is 6.22. The number of nitrogens with one attached hydrogen (secondary N) is 2. The topological polar surface area (TPSA) is 101 Å². The fraction of sp³-hybridized carbons (Fsp3) is 0.533. The van der Waals surface area contributed by atoms with Gasteiger partial charge in [-0.15, -0.1) is 0 Å². The highest BCUT2D eigenvalue weighted by molar-refractivity contribution is 7.90. The first kappa shape index (κ1) is 16.8. The third-order valence-corrected chi connectivity index (χ3v) is 5.18. The van der Waals surface area contributed by atoms with Gasteiger partial charge in [-0.1, -0.05) is 0 Å². The minimum absolute atomic E-state index is 0.179. The van der Waals surface area contributed by atoms with Crippen molar-refractivity contribution in [3.8, 4) is 0 Å². The fourth-order valence-electron chi connectivity index (χ4n) is 2.68. The monoisotopic (exact) mass is 325 g/mol. The van der Waals surface area contributed by atoms with Crippen LogP contribution in [0.1, 0.15) is 25.7 Å². The van der Waals surface area contributed by atoms with Crippen molar-refractivity contribution in [2.45, 2.75) is 36.6 Å². The van der Waals surface area contributed by atoms with Gasteiger partial charge in [-0.25, -0.2) is 13.2 Å². The van der Waals surface area contributed by atoms with E-state index in [0.717, 1.165) is 31.9 Å². The highest BCUT2D eigenvalue weighted by atomic mass is 32.2. The Morgan fingerprint density at radius 3 is 2.27 bits per heavy atom. The van der Waals surface area contributed by atoms with Gasteiger partial charge in [0.05, 0.1) is 4.90 Å². The number of rotatable bonds is 4. The first-order chi connectivity index (χ1) is 10.4. The van der Waals surface area contributed by atoms with Crippen molar-refractivity contribution >= 4 is 21.6 Å². The van der Waals surface area contributed by atoms with E-state index in [1.54, 1.807) is 12.1 Å². The molecular formula is C15H23N3O3S. The summed E-state index contributed by atoms with van der Waals surface area (Å²) in [5, 5.41) is 5.67. The fourth-order valence-corrected chi connectivity index (χ4v) is 3.31. The molecule has 0 heterocycles. The molecule has 0 bridgehead atoms. The van der Waals surface area contributed by atoms with Crippen molar-refractivity contribution in [1.29, 1.82) is 0 Å². The number of anilines is 1. The normalized spacial score (nSPS) is 22.1. The Bertz CT molecular complexity index is 605. The average Bonchev–Trinajstić information content (AvgIpc) is 2.47. The number of carbonyl (C=O) groups is 1. The highest BCUT2D eigenvalue weighted by Gasteiger charge is 2.21. The Kier molecular flexibility index (Phi) is 5.42. The second kappa shape index (κ2) is 7.11. The Balaban J connectivity index is 1.85. The quantitative estimate of drug-likeness (QED) is 0.784. The molecule has 2 rings (SSSR count). The lowest BCUT2D eigenvalue weighted by molar-refractivity contribution is 0.238. The van der Waals surface area contributed by atoms with Gasteiger partial charge in [-0.05, 0) is 62.4 Å². The van der Waals surface area contributed by atoms with Crippen LogP contribution in [0, 0.1) is 5.92 Å². The van der Waals surface area contributed by atoms with Crippen LogP contribution in [0.25, 0.3) is 0 Å². The number of hydrogen-bond donors (Lipinski definition) is 3. The molecule has 4 N–H and O–H groups in total. The molecule has 0 aliphatic heterocycles. The summed E-state index contributed by atoms with van der Waals surface area (Å²) >= 11 is 0. The summed E-state index contributed by atoms with van der Waals surface area (Å²) < 4.78 is 22.7. The van der Waals surface area contributed by atoms with Crippen LogP contribution in [0.5, 0.6) is 0 Å². The van der Waals surface area contributed by atoms with E-state index in [1.165, 1.54) is 12.1 Å². The van der Waals surface area contributed by atoms with Gasteiger partial charge < -0.3 is 16.4 Å². The molecule has 1 aliphatic carbocycles. The lowest BCUT2D eigenvalue weighted by atomic mass is 9.86. The Labute approximate surface area is 131 Å². The number of carbonyl (C=O) groups excluding carboxylic acids is 1. The van der Waals surface area contributed by atoms with E-state index in [1.807, 2.05) is 0 Å². The zero-order valence-electron chi connectivity index (χ0n) is 12.7. The van der Waals surface area contributed by atoms with Gasteiger partial charge in [0.1, 0.15) is 0 Å². The molecule has 0 aromatic heterocycles. The van der Waals surface area contributed by atoms with Crippen molar-refractivity contribution < 1.29 is 13.2 Å². The van der Waals surface area contributed by atoms with Crippen molar-refractivity contribution in [2.75, 3.05) is 18.1 Å². The van der Waals surface area contributed by atoms with Gasteiger partial charge >= 0.3 is 6.03 Å². The Morgan fingerprint density at radius 1 is 1.18 bits per heavy atom. The maximum absolute atomic E-state index is 11.9. The molecular weight excluding hydrogens is 302 g/mol. The highest BCUT2D eigenvalue weighted by Crippen LogP contribution is 2.23. The number of amides is 2. The molecule has 1 aromatic carbocycles. The van der Waals surface area contributed by atoms with E-state index < -0.39 is 9.84 Å². The number of hydrogen-bond acceptors (Lipinski definition) is 4. The molecule has 1 saturated carbocycles. The summed E-state index contributed by atoms with van der Waals surface area (Å²) in [6.45, 7) is 0.714. The first-order valence-corrected chi connectivity index (χ1v) is 9.35. The molecule has 2 amide bonds. The maximum atomic E-state index is 11.9. The van der Waals surface area contributed by atoms with Gasteiger partial charge in [0.15, 0.2) is 9.84 Å².